The van der Waals surface area contributed by atoms with Gasteiger partial charge in [0.05, 0.1) is 5.92 Å². The van der Waals surface area contributed by atoms with Crippen LogP contribution in [-0.4, -0.2) is 21.7 Å². The van der Waals surface area contributed by atoms with E-state index in [1.807, 2.05) is 6.92 Å². The van der Waals surface area contributed by atoms with Crippen molar-refractivity contribution in [3.05, 3.63) is 23.8 Å². The van der Waals surface area contributed by atoms with E-state index in [0.29, 0.717) is 6.42 Å². The van der Waals surface area contributed by atoms with E-state index in [1.54, 1.807) is 6.07 Å². The minimum atomic E-state index is -0.274. The fourth-order valence-corrected chi connectivity index (χ4v) is 5.94. The maximum absolute atomic E-state index is 13.0. The van der Waals surface area contributed by atoms with Crippen molar-refractivity contribution in [1.82, 2.24) is 5.32 Å². The van der Waals surface area contributed by atoms with Gasteiger partial charge in [0.15, 0.2) is 11.5 Å². The number of aromatic hydroxyl groups is 2. The van der Waals surface area contributed by atoms with Crippen molar-refractivity contribution in [3.8, 4) is 11.5 Å². The lowest BCUT2D eigenvalue weighted by molar-refractivity contribution is -0.128. The van der Waals surface area contributed by atoms with Crippen molar-refractivity contribution < 1.29 is 15.0 Å². The zero-order chi connectivity index (χ0) is 16.9. The molecular formula is C20H27NO3. The lowest BCUT2D eigenvalue weighted by Gasteiger charge is -2.57. The van der Waals surface area contributed by atoms with Crippen LogP contribution in [0.4, 0.5) is 0 Å². The summed E-state index contributed by atoms with van der Waals surface area (Å²) in [6.45, 7) is 1.99. The Morgan fingerprint density at radius 2 is 1.71 bits per heavy atom. The second-order valence-corrected chi connectivity index (χ2v) is 8.40. The van der Waals surface area contributed by atoms with Gasteiger partial charge in [0.1, 0.15) is 0 Å². The number of amides is 1. The Kier molecular flexibility index (Phi) is 3.74. The highest BCUT2D eigenvalue weighted by Crippen LogP contribution is 2.55. The molecule has 130 valence electrons. The van der Waals surface area contributed by atoms with E-state index >= 15 is 0 Å². The molecule has 4 nitrogen and oxygen atoms in total. The molecule has 0 heterocycles. The zero-order valence-corrected chi connectivity index (χ0v) is 14.3. The predicted molar refractivity (Wildman–Crippen MR) is 91.8 cm³/mol. The van der Waals surface area contributed by atoms with Gasteiger partial charge in [-0.15, -0.1) is 0 Å². The molecule has 4 saturated carbocycles. The summed E-state index contributed by atoms with van der Waals surface area (Å²) < 4.78 is 0. The summed E-state index contributed by atoms with van der Waals surface area (Å²) in [5, 5.41) is 22.7. The van der Waals surface area contributed by atoms with Crippen LogP contribution in [0.5, 0.6) is 11.5 Å². The van der Waals surface area contributed by atoms with Gasteiger partial charge in [0.2, 0.25) is 5.91 Å². The molecule has 0 aromatic heterocycles. The molecule has 0 saturated heterocycles. The first-order chi connectivity index (χ1) is 11.5. The first-order valence-corrected chi connectivity index (χ1v) is 9.32. The summed E-state index contributed by atoms with van der Waals surface area (Å²) >= 11 is 0. The van der Waals surface area contributed by atoms with Gasteiger partial charge in [-0.3, -0.25) is 4.79 Å². The second kappa shape index (κ2) is 5.68. The molecule has 4 heteroatoms. The maximum Gasteiger partial charge on any atom is 0.227 e. The van der Waals surface area contributed by atoms with Crippen LogP contribution in [0.25, 0.3) is 0 Å². The van der Waals surface area contributed by atoms with Crippen molar-refractivity contribution >= 4 is 5.91 Å². The molecule has 1 unspecified atom stereocenters. The van der Waals surface area contributed by atoms with Crippen LogP contribution in [0.3, 0.4) is 0 Å². The molecule has 4 fully saturated rings. The van der Waals surface area contributed by atoms with Crippen LogP contribution >= 0.6 is 0 Å². The molecular weight excluding hydrogens is 302 g/mol. The van der Waals surface area contributed by atoms with Crippen LogP contribution in [0.1, 0.15) is 63.4 Å². The number of hydrogen-bond acceptors (Lipinski definition) is 3. The molecule has 4 aliphatic rings. The fourth-order valence-electron chi connectivity index (χ4n) is 5.94. The average molecular weight is 329 g/mol. The summed E-state index contributed by atoms with van der Waals surface area (Å²) in [5.74, 6) is 1.90. The van der Waals surface area contributed by atoms with E-state index < -0.39 is 0 Å². The number of nitrogens with one attached hydrogen (secondary N) is 1. The Labute approximate surface area is 143 Å². The molecule has 0 radical (unpaired) electrons. The quantitative estimate of drug-likeness (QED) is 0.738. The number of rotatable bonds is 4. The van der Waals surface area contributed by atoms with E-state index in [4.69, 9.17) is 0 Å². The third kappa shape index (κ3) is 2.66. The van der Waals surface area contributed by atoms with Gasteiger partial charge in [-0.25, -0.2) is 0 Å². The highest BCUT2D eigenvalue weighted by molar-refractivity contribution is 5.84. The maximum atomic E-state index is 13.0. The molecule has 4 aliphatic carbocycles. The molecule has 1 amide bonds. The lowest BCUT2D eigenvalue weighted by atomic mass is 9.53. The third-order valence-corrected chi connectivity index (χ3v) is 6.55. The highest BCUT2D eigenvalue weighted by Gasteiger charge is 2.51. The van der Waals surface area contributed by atoms with E-state index in [0.717, 1.165) is 42.6 Å². The molecule has 5 rings (SSSR count). The smallest absolute Gasteiger partial charge is 0.227 e. The molecule has 4 bridgehead atoms. The SMILES string of the molecule is CCC(C(=O)NC12CC3CC(CC(C3)C1)C2)c1ccc(O)c(O)c1. The minimum Gasteiger partial charge on any atom is -0.504 e. The van der Waals surface area contributed by atoms with Crippen molar-refractivity contribution in [2.45, 2.75) is 63.3 Å². The fraction of sp³-hybridized carbons (Fsp3) is 0.650. The Bertz CT molecular complexity index is 619. The van der Waals surface area contributed by atoms with Crippen LogP contribution in [-0.2, 0) is 4.79 Å². The zero-order valence-electron chi connectivity index (χ0n) is 14.3. The Morgan fingerprint density at radius 1 is 1.12 bits per heavy atom. The van der Waals surface area contributed by atoms with Crippen LogP contribution in [0.15, 0.2) is 18.2 Å². The van der Waals surface area contributed by atoms with E-state index in [-0.39, 0.29) is 28.9 Å². The number of carbonyl (C=O) groups is 1. The van der Waals surface area contributed by atoms with Gasteiger partial charge < -0.3 is 15.5 Å². The number of phenolic OH excluding ortho intramolecular Hbond substituents is 2. The first-order valence-electron chi connectivity index (χ1n) is 9.32. The molecule has 1 aromatic rings. The molecule has 0 aliphatic heterocycles. The normalized spacial score (nSPS) is 35.0. The monoisotopic (exact) mass is 329 g/mol. The lowest BCUT2D eigenvalue weighted by Crippen LogP contribution is -2.60. The van der Waals surface area contributed by atoms with E-state index in [2.05, 4.69) is 5.32 Å². The summed E-state index contributed by atoms with van der Waals surface area (Å²) in [6.07, 6.45) is 8.18. The topological polar surface area (TPSA) is 69.6 Å². The van der Waals surface area contributed by atoms with E-state index in [1.165, 1.54) is 31.4 Å². The van der Waals surface area contributed by atoms with Gasteiger partial charge >= 0.3 is 0 Å². The van der Waals surface area contributed by atoms with Crippen molar-refractivity contribution in [3.63, 3.8) is 0 Å². The van der Waals surface area contributed by atoms with Crippen molar-refractivity contribution in [2.75, 3.05) is 0 Å². The van der Waals surface area contributed by atoms with Gasteiger partial charge in [-0.2, -0.15) is 0 Å². The van der Waals surface area contributed by atoms with Crippen molar-refractivity contribution in [1.29, 1.82) is 0 Å². The highest BCUT2D eigenvalue weighted by atomic mass is 16.3. The Hall–Kier alpha value is -1.71. The number of benzene rings is 1. The Morgan fingerprint density at radius 3 is 2.21 bits per heavy atom. The van der Waals surface area contributed by atoms with Gasteiger partial charge in [-0.1, -0.05) is 13.0 Å². The summed E-state index contributed by atoms with van der Waals surface area (Å²) in [5.41, 5.74) is 0.785. The predicted octanol–water partition coefficient (Wildman–Crippen LogP) is 3.68. The molecule has 3 N–H and O–H groups in total. The largest absolute Gasteiger partial charge is 0.504 e. The minimum absolute atomic E-state index is 0.0121. The number of phenols is 2. The number of hydrogen-bond donors (Lipinski definition) is 3. The van der Waals surface area contributed by atoms with Gasteiger partial charge in [0.25, 0.3) is 0 Å². The van der Waals surface area contributed by atoms with Gasteiger partial charge in [0, 0.05) is 5.54 Å². The van der Waals surface area contributed by atoms with E-state index in [9.17, 15) is 15.0 Å². The van der Waals surface area contributed by atoms with Gasteiger partial charge in [-0.05, 0) is 80.4 Å². The molecule has 1 atom stereocenters. The van der Waals surface area contributed by atoms with Crippen LogP contribution in [0, 0.1) is 17.8 Å². The Balaban J connectivity index is 1.53. The number of carbonyl (C=O) groups excluding carboxylic acids is 1. The summed E-state index contributed by atoms with van der Waals surface area (Å²) in [4.78, 5) is 13.0. The average Bonchev–Trinajstić information content (AvgIpc) is 2.49. The molecule has 1 aromatic carbocycles. The summed E-state index contributed by atoms with van der Waals surface area (Å²) in [6, 6.07) is 4.72. The first kappa shape index (κ1) is 15.8. The standard InChI is InChI=1S/C20H27NO3/c1-2-16(15-3-4-17(22)18(23)8-15)19(24)21-20-9-12-5-13(10-20)7-14(6-12)11-20/h3-4,8,12-14,16,22-23H,2,5-7,9-11H2,1H3,(H,21,24). The summed E-state index contributed by atoms with van der Waals surface area (Å²) in [7, 11) is 0. The van der Waals surface area contributed by atoms with Crippen molar-refractivity contribution in [2.24, 2.45) is 17.8 Å². The van der Waals surface area contributed by atoms with Crippen LogP contribution < -0.4 is 5.32 Å². The van der Waals surface area contributed by atoms with Crippen LogP contribution in [0.2, 0.25) is 0 Å². The molecule has 24 heavy (non-hydrogen) atoms. The molecule has 0 spiro atoms. The third-order valence-electron chi connectivity index (χ3n) is 6.55. The second-order valence-electron chi connectivity index (χ2n) is 8.40.